The van der Waals surface area contributed by atoms with Crippen LogP contribution >= 0.6 is 0 Å². The first-order valence-corrected chi connectivity index (χ1v) is 10.9. The Morgan fingerprint density at radius 3 is 1.76 bits per heavy atom. The van der Waals surface area contributed by atoms with Crippen LogP contribution in [0.25, 0.3) is 0 Å². The fourth-order valence-corrected chi connectivity index (χ4v) is 3.04. The molecule has 176 valence electrons. The Hall–Kier alpha value is -4.13. The van der Waals surface area contributed by atoms with Crippen molar-refractivity contribution in [2.75, 3.05) is 0 Å². The lowest BCUT2D eigenvalue weighted by Crippen LogP contribution is -2.45. The molecule has 3 aromatic rings. The van der Waals surface area contributed by atoms with Gasteiger partial charge in [-0.3, -0.25) is 4.79 Å². The van der Waals surface area contributed by atoms with Crippen LogP contribution in [0, 0.1) is 5.41 Å². The number of alkyl carbamates (subject to hydrolysis) is 1. The number of amides is 1. The zero-order chi connectivity index (χ0) is 24.6. The van der Waals surface area contributed by atoms with Crippen molar-refractivity contribution >= 4 is 18.1 Å². The van der Waals surface area contributed by atoms with Gasteiger partial charge in [0.2, 0.25) is 0 Å². The summed E-state index contributed by atoms with van der Waals surface area (Å²) >= 11 is 0. The van der Waals surface area contributed by atoms with Crippen LogP contribution in [0.3, 0.4) is 0 Å². The highest BCUT2D eigenvalue weighted by molar-refractivity contribution is 6.29. The average molecular weight is 461 g/mol. The van der Waals surface area contributed by atoms with E-state index in [4.69, 9.17) is 19.6 Å². The van der Waals surface area contributed by atoms with Crippen molar-refractivity contribution in [3.8, 4) is 23.0 Å². The number of rotatable bonds is 9. The Kier molecular flexibility index (Phi) is 8.03. The van der Waals surface area contributed by atoms with Gasteiger partial charge in [0.05, 0.1) is 6.21 Å². The Morgan fingerprint density at radius 1 is 0.824 bits per heavy atom. The van der Waals surface area contributed by atoms with Crippen LogP contribution in [0.5, 0.6) is 23.0 Å². The third kappa shape index (κ3) is 7.78. The molecule has 3 rings (SSSR count). The quantitative estimate of drug-likeness (QED) is 0.386. The lowest BCUT2D eigenvalue weighted by Gasteiger charge is -2.22. The molecule has 7 nitrogen and oxygen atoms in total. The molecule has 0 fully saturated rings. The first-order chi connectivity index (χ1) is 16.2. The third-order valence-electron chi connectivity index (χ3n) is 4.58. The fourth-order valence-electron chi connectivity index (χ4n) is 3.04. The molecule has 0 saturated carbocycles. The monoisotopic (exact) mass is 460 g/mol. The molecule has 1 atom stereocenters. The van der Waals surface area contributed by atoms with Crippen LogP contribution in [0.2, 0.25) is 0 Å². The first kappa shape index (κ1) is 24.5. The largest absolute Gasteiger partial charge is 0.457 e. The average Bonchev–Trinajstić information content (AvgIpc) is 2.80. The van der Waals surface area contributed by atoms with Crippen molar-refractivity contribution in [2.24, 2.45) is 0 Å². The van der Waals surface area contributed by atoms with Gasteiger partial charge in [0.1, 0.15) is 34.6 Å². The Labute approximate surface area is 199 Å². The highest BCUT2D eigenvalue weighted by atomic mass is 16.6. The number of Topliss-reactive ketones (excluding diaryl/α,β-unsaturated/α-hetero) is 1. The van der Waals surface area contributed by atoms with E-state index < -0.39 is 23.5 Å². The normalized spacial score (nSPS) is 11.7. The Balaban J connectivity index is 1.59. The number of nitrogens with one attached hydrogen (secondary N) is 2. The van der Waals surface area contributed by atoms with E-state index in [1.54, 1.807) is 32.9 Å². The SMILES string of the molecule is CC(C)(C)OC(=O)N[C@@H](Cc1ccc(Oc2ccc(Oc3ccccc3)cc2)cc1)C(=O)C=N. The second kappa shape index (κ2) is 11.1. The van der Waals surface area contributed by atoms with Gasteiger partial charge in [0.15, 0.2) is 5.78 Å². The zero-order valence-electron chi connectivity index (χ0n) is 19.4. The van der Waals surface area contributed by atoms with E-state index in [1.165, 1.54) is 0 Å². The second-order valence-electron chi connectivity index (χ2n) is 8.58. The highest BCUT2D eigenvalue weighted by Gasteiger charge is 2.23. The van der Waals surface area contributed by atoms with E-state index in [1.807, 2.05) is 66.7 Å². The van der Waals surface area contributed by atoms with Crippen molar-refractivity contribution in [1.82, 2.24) is 5.32 Å². The van der Waals surface area contributed by atoms with Crippen LogP contribution in [-0.2, 0) is 16.0 Å². The molecule has 0 unspecified atom stereocenters. The molecule has 3 aromatic carbocycles. The van der Waals surface area contributed by atoms with Gasteiger partial charge >= 0.3 is 6.09 Å². The van der Waals surface area contributed by atoms with Crippen LogP contribution in [0.15, 0.2) is 78.9 Å². The summed E-state index contributed by atoms with van der Waals surface area (Å²) in [5, 5.41) is 9.82. The molecule has 0 aliphatic heterocycles. The van der Waals surface area contributed by atoms with Crippen molar-refractivity contribution in [3.05, 3.63) is 84.4 Å². The summed E-state index contributed by atoms with van der Waals surface area (Å²) < 4.78 is 16.9. The molecule has 0 aromatic heterocycles. The van der Waals surface area contributed by atoms with Crippen molar-refractivity contribution in [2.45, 2.75) is 38.8 Å². The summed E-state index contributed by atoms with van der Waals surface area (Å²) in [6.45, 7) is 5.22. The summed E-state index contributed by atoms with van der Waals surface area (Å²) in [4.78, 5) is 24.2. The van der Waals surface area contributed by atoms with Gasteiger partial charge in [0.25, 0.3) is 0 Å². The topological polar surface area (TPSA) is 97.7 Å². The van der Waals surface area contributed by atoms with Gasteiger partial charge in [-0.25, -0.2) is 4.79 Å². The molecule has 0 heterocycles. The maximum absolute atomic E-state index is 12.1. The number of ketones is 1. The van der Waals surface area contributed by atoms with Crippen molar-refractivity contribution in [1.29, 1.82) is 5.41 Å². The number of para-hydroxylation sites is 1. The second-order valence-corrected chi connectivity index (χ2v) is 8.58. The van der Waals surface area contributed by atoms with E-state index in [0.717, 1.165) is 11.3 Å². The summed E-state index contributed by atoms with van der Waals surface area (Å²) in [7, 11) is 0. The predicted molar refractivity (Wildman–Crippen MR) is 130 cm³/mol. The maximum atomic E-state index is 12.1. The molecule has 0 aliphatic carbocycles. The lowest BCUT2D eigenvalue weighted by molar-refractivity contribution is -0.114. The number of benzene rings is 3. The van der Waals surface area contributed by atoms with Crippen LogP contribution in [0.4, 0.5) is 4.79 Å². The molecule has 0 spiro atoms. The van der Waals surface area contributed by atoms with Crippen molar-refractivity contribution < 1.29 is 23.8 Å². The zero-order valence-corrected chi connectivity index (χ0v) is 19.4. The predicted octanol–water partition coefficient (Wildman–Crippen LogP) is 5.93. The van der Waals surface area contributed by atoms with Gasteiger partial charge in [0, 0.05) is 6.42 Å². The molecular weight excluding hydrogens is 432 g/mol. The third-order valence-corrected chi connectivity index (χ3v) is 4.58. The number of hydrogen-bond donors (Lipinski definition) is 2. The van der Waals surface area contributed by atoms with Crippen LogP contribution in [-0.4, -0.2) is 29.7 Å². The fraction of sp³-hybridized carbons (Fsp3) is 0.222. The molecule has 7 heteroatoms. The first-order valence-electron chi connectivity index (χ1n) is 10.9. The van der Waals surface area contributed by atoms with Crippen LogP contribution < -0.4 is 14.8 Å². The van der Waals surface area contributed by atoms with E-state index in [-0.39, 0.29) is 6.42 Å². The lowest BCUT2D eigenvalue weighted by atomic mass is 10.0. The smallest absolute Gasteiger partial charge is 0.408 e. The molecule has 0 aliphatic rings. The van der Waals surface area contributed by atoms with E-state index in [2.05, 4.69) is 5.32 Å². The van der Waals surface area contributed by atoms with Gasteiger partial charge in [-0.15, -0.1) is 0 Å². The molecule has 0 radical (unpaired) electrons. The minimum Gasteiger partial charge on any atom is -0.457 e. The number of carbonyl (C=O) groups excluding carboxylic acids is 2. The number of carbonyl (C=O) groups is 2. The molecule has 0 bridgehead atoms. The molecule has 34 heavy (non-hydrogen) atoms. The van der Waals surface area contributed by atoms with E-state index in [0.29, 0.717) is 23.5 Å². The van der Waals surface area contributed by atoms with Crippen molar-refractivity contribution in [3.63, 3.8) is 0 Å². The number of ether oxygens (including phenoxy) is 3. The Morgan fingerprint density at radius 2 is 1.29 bits per heavy atom. The van der Waals surface area contributed by atoms with Gasteiger partial charge in [-0.1, -0.05) is 30.3 Å². The van der Waals surface area contributed by atoms with Gasteiger partial charge in [-0.05, 0) is 74.9 Å². The van der Waals surface area contributed by atoms with Crippen LogP contribution in [0.1, 0.15) is 26.3 Å². The number of hydrogen-bond acceptors (Lipinski definition) is 6. The minimum atomic E-state index is -0.892. The summed E-state index contributed by atoms with van der Waals surface area (Å²) in [5.74, 6) is 2.22. The summed E-state index contributed by atoms with van der Waals surface area (Å²) in [5.41, 5.74) is 0.114. The summed E-state index contributed by atoms with van der Waals surface area (Å²) in [6.07, 6.45) is 0.219. The van der Waals surface area contributed by atoms with Gasteiger partial charge in [-0.2, -0.15) is 0 Å². The van der Waals surface area contributed by atoms with E-state index >= 15 is 0 Å². The molecule has 0 saturated heterocycles. The minimum absolute atomic E-state index is 0.221. The molecule has 1 amide bonds. The van der Waals surface area contributed by atoms with E-state index in [9.17, 15) is 9.59 Å². The summed E-state index contributed by atoms with van der Waals surface area (Å²) in [6, 6.07) is 23.1. The molecular formula is C27H28N2O5. The molecule has 2 N–H and O–H groups in total. The Bertz CT molecular complexity index is 1100. The maximum Gasteiger partial charge on any atom is 0.408 e. The highest BCUT2D eigenvalue weighted by Crippen LogP contribution is 2.27. The standard InChI is InChI=1S/C27H28N2O5/c1-27(2,3)34-26(31)29-24(25(30)18-28)17-19-9-11-21(12-10-19)33-23-15-13-22(14-16-23)32-20-7-5-4-6-8-20/h4-16,18,24,28H,17H2,1-3H3,(H,29,31)/t24-/m0/s1. The van der Waals surface area contributed by atoms with Gasteiger partial charge < -0.3 is 24.9 Å².